The average Bonchev–Trinajstić information content (AvgIpc) is 2.63. The second kappa shape index (κ2) is 7.16. The van der Waals surface area contributed by atoms with Crippen molar-refractivity contribution in [2.75, 3.05) is 6.26 Å². The predicted octanol–water partition coefficient (Wildman–Crippen LogP) is 5.43. The molecule has 0 saturated carbocycles. The van der Waals surface area contributed by atoms with E-state index in [2.05, 4.69) is 0 Å². The van der Waals surface area contributed by atoms with Crippen LogP contribution in [0.15, 0.2) is 83.8 Å². The maximum Gasteiger partial charge on any atom is 0.193 e. The van der Waals surface area contributed by atoms with Crippen LogP contribution in [0.3, 0.4) is 0 Å². The van der Waals surface area contributed by atoms with Gasteiger partial charge in [0.05, 0.1) is 0 Å². The Balaban J connectivity index is 1.74. The van der Waals surface area contributed by atoms with Crippen molar-refractivity contribution >= 4 is 17.5 Å². The second-order valence-corrected chi connectivity index (χ2v) is 5.88. The molecular formula is C20H16O2S. The lowest BCUT2D eigenvalue weighted by atomic mass is 10.0. The fraction of sp³-hybridized carbons (Fsp3) is 0.0500. The zero-order valence-corrected chi connectivity index (χ0v) is 13.5. The highest BCUT2D eigenvalue weighted by atomic mass is 32.2. The number of rotatable bonds is 5. The van der Waals surface area contributed by atoms with E-state index in [1.807, 2.05) is 73.0 Å². The van der Waals surface area contributed by atoms with Gasteiger partial charge in [0.1, 0.15) is 11.5 Å². The van der Waals surface area contributed by atoms with Crippen LogP contribution in [0.4, 0.5) is 0 Å². The summed E-state index contributed by atoms with van der Waals surface area (Å²) in [6, 6.07) is 24.5. The summed E-state index contributed by atoms with van der Waals surface area (Å²) in [7, 11) is 0. The molecule has 0 heterocycles. The minimum Gasteiger partial charge on any atom is -0.457 e. The van der Waals surface area contributed by atoms with E-state index in [4.69, 9.17) is 4.74 Å². The molecule has 3 heteroatoms. The third-order valence-electron chi connectivity index (χ3n) is 3.45. The van der Waals surface area contributed by atoms with Crippen LogP contribution in [-0.2, 0) is 0 Å². The van der Waals surface area contributed by atoms with Crippen molar-refractivity contribution in [2.45, 2.75) is 4.90 Å². The number of para-hydroxylation sites is 1. The summed E-state index contributed by atoms with van der Waals surface area (Å²) in [5.74, 6) is 1.51. The summed E-state index contributed by atoms with van der Waals surface area (Å²) in [5.41, 5.74) is 1.35. The van der Waals surface area contributed by atoms with Crippen LogP contribution in [0.5, 0.6) is 11.5 Å². The first kappa shape index (κ1) is 15.4. The first-order chi connectivity index (χ1) is 11.3. The van der Waals surface area contributed by atoms with Gasteiger partial charge in [-0.1, -0.05) is 18.2 Å². The number of hydrogen-bond donors (Lipinski definition) is 0. The lowest BCUT2D eigenvalue weighted by molar-refractivity contribution is 0.103. The molecule has 0 N–H and O–H groups in total. The average molecular weight is 320 g/mol. The van der Waals surface area contributed by atoms with Crippen molar-refractivity contribution in [2.24, 2.45) is 0 Å². The van der Waals surface area contributed by atoms with Crippen LogP contribution < -0.4 is 4.74 Å². The van der Waals surface area contributed by atoms with E-state index in [1.54, 1.807) is 23.9 Å². The fourth-order valence-corrected chi connectivity index (χ4v) is 2.62. The Hall–Kier alpha value is -2.52. The van der Waals surface area contributed by atoms with E-state index in [0.717, 1.165) is 10.6 Å². The summed E-state index contributed by atoms with van der Waals surface area (Å²) in [5, 5.41) is 0. The molecule has 0 atom stereocenters. The van der Waals surface area contributed by atoms with E-state index in [-0.39, 0.29) is 5.78 Å². The van der Waals surface area contributed by atoms with Crippen molar-refractivity contribution in [3.63, 3.8) is 0 Å². The summed E-state index contributed by atoms with van der Waals surface area (Å²) < 4.78 is 5.74. The van der Waals surface area contributed by atoms with Gasteiger partial charge in [-0.2, -0.15) is 0 Å². The van der Waals surface area contributed by atoms with E-state index in [1.165, 1.54) is 0 Å². The van der Waals surface area contributed by atoms with E-state index >= 15 is 0 Å². The molecule has 0 unspecified atom stereocenters. The predicted molar refractivity (Wildman–Crippen MR) is 94.6 cm³/mol. The second-order valence-electron chi connectivity index (χ2n) is 5.00. The molecule has 3 aromatic carbocycles. The Morgan fingerprint density at radius 1 is 0.739 bits per heavy atom. The van der Waals surface area contributed by atoms with Crippen molar-refractivity contribution < 1.29 is 9.53 Å². The van der Waals surface area contributed by atoms with Crippen molar-refractivity contribution in [1.29, 1.82) is 0 Å². The standard InChI is InChI=1S/C20H16O2S/c1-23-19-13-9-16(10-14-19)20(21)15-7-11-18(12-8-15)22-17-5-3-2-4-6-17/h2-14H,1H3. The molecule has 0 fully saturated rings. The molecule has 0 aliphatic rings. The number of ketones is 1. The minimum absolute atomic E-state index is 0.0175. The number of benzene rings is 3. The maximum absolute atomic E-state index is 12.5. The SMILES string of the molecule is CSc1ccc(C(=O)c2ccc(Oc3ccccc3)cc2)cc1. The van der Waals surface area contributed by atoms with E-state index < -0.39 is 0 Å². The monoisotopic (exact) mass is 320 g/mol. The molecule has 114 valence electrons. The topological polar surface area (TPSA) is 26.3 Å². The summed E-state index contributed by atoms with van der Waals surface area (Å²) >= 11 is 1.66. The Labute approximate surface area is 140 Å². The Kier molecular flexibility index (Phi) is 4.79. The maximum atomic E-state index is 12.5. The molecule has 0 saturated heterocycles. The lowest BCUT2D eigenvalue weighted by Crippen LogP contribution is -2.00. The molecule has 0 aromatic heterocycles. The highest BCUT2D eigenvalue weighted by molar-refractivity contribution is 7.98. The number of hydrogen-bond acceptors (Lipinski definition) is 3. The smallest absolute Gasteiger partial charge is 0.193 e. The van der Waals surface area contributed by atoms with E-state index in [0.29, 0.717) is 16.9 Å². The van der Waals surface area contributed by atoms with Gasteiger partial charge in [0, 0.05) is 16.0 Å². The third kappa shape index (κ3) is 3.82. The number of carbonyl (C=O) groups excluding carboxylic acids is 1. The van der Waals surface area contributed by atoms with Gasteiger partial charge in [0.15, 0.2) is 5.78 Å². The van der Waals surface area contributed by atoms with Crippen LogP contribution in [0, 0.1) is 0 Å². The highest BCUT2D eigenvalue weighted by Gasteiger charge is 2.09. The van der Waals surface area contributed by atoms with Crippen LogP contribution in [0.2, 0.25) is 0 Å². The zero-order chi connectivity index (χ0) is 16.1. The van der Waals surface area contributed by atoms with Gasteiger partial charge < -0.3 is 4.74 Å². The normalized spacial score (nSPS) is 10.3. The Bertz CT molecular complexity index is 778. The summed E-state index contributed by atoms with van der Waals surface area (Å²) in [6.07, 6.45) is 2.02. The molecule has 0 aliphatic heterocycles. The van der Waals surface area contributed by atoms with E-state index in [9.17, 15) is 4.79 Å². The molecule has 2 nitrogen and oxygen atoms in total. The molecule has 3 rings (SSSR count). The van der Waals surface area contributed by atoms with Gasteiger partial charge in [-0.15, -0.1) is 11.8 Å². The summed E-state index contributed by atoms with van der Waals surface area (Å²) in [6.45, 7) is 0. The summed E-state index contributed by atoms with van der Waals surface area (Å²) in [4.78, 5) is 13.6. The van der Waals surface area contributed by atoms with Gasteiger partial charge in [0.2, 0.25) is 0 Å². The largest absolute Gasteiger partial charge is 0.457 e. The van der Waals surface area contributed by atoms with Crippen molar-refractivity contribution in [3.05, 3.63) is 90.0 Å². The van der Waals surface area contributed by atoms with Crippen LogP contribution in [0.1, 0.15) is 15.9 Å². The van der Waals surface area contributed by atoms with Gasteiger partial charge >= 0.3 is 0 Å². The van der Waals surface area contributed by atoms with Crippen LogP contribution >= 0.6 is 11.8 Å². The lowest BCUT2D eigenvalue weighted by Gasteiger charge is -2.07. The molecule has 0 spiro atoms. The van der Waals surface area contributed by atoms with Crippen molar-refractivity contribution in [1.82, 2.24) is 0 Å². The molecule has 0 radical (unpaired) electrons. The third-order valence-corrected chi connectivity index (χ3v) is 4.19. The minimum atomic E-state index is 0.0175. The molecule has 0 amide bonds. The van der Waals surface area contributed by atoms with Crippen LogP contribution in [0.25, 0.3) is 0 Å². The van der Waals surface area contributed by atoms with Gasteiger partial charge in [-0.3, -0.25) is 4.79 Å². The van der Waals surface area contributed by atoms with Crippen LogP contribution in [-0.4, -0.2) is 12.0 Å². The molecule has 3 aromatic rings. The number of thioether (sulfide) groups is 1. The Morgan fingerprint density at radius 2 is 1.26 bits per heavy atom. The van der Waals surface area contributed by atoms with Crippen molar-refractivity contribution in [3.8, 4) is 11.5 Å². The zero-order valence-electron chi connectivity index (χ0n) is 12.7. The van der Waals surface area contributed by atoms with Gasteiger partial charge in [-0.25, -0.2) is 0 Å². The Morgan fingerprint density at radius 3 is 1.83 bits per heavy atom. The molecule has 0 bridgehead atoms. The molecule has 23 heavy (non-hydrogen) atoms. The molecular weight excluding hydrogens is 304 g/mol. The van der Waals surface area contributed by atoms with Gasteiger partial charge in [-0.05, 0) is 66.9 Å². The highest BCUT2D eigenvalue weighted by Crippen LogP contribution is 2.22. The number of carbonyl (C=O) groups is 1. The molecule has 0 aliphatic carbocycles. The quantitative estimate of drug-likeness (QED) is 0.463. The first-order valence-corrected chi connectivity index (χ1v) is 8.50. The fourth-order valence-electron chi connectivity index (χ4n) is 2.21. The number of ether oxygens (including phenoxy) is 1. The van der Waals surface area contributed by atoms with Gasteiger partial charge in [0.25, 0.3) is 0 Å². The first-order valence-electron chi connectivity index (χ1n) is 7.28.